The van der Waals surface area contributed by atoms with E-state index in [4.69, 9.17) is 11.5 Å². The number of rotatable bonds is 4. The van der Waals surface area contributed by atoms with Crippen LogP contribution in [0.5, 0.6) is 0 Å². The number of carbonyl (C=O) groups excluding carboxylic acids is 1. The zero-order chi connectivity index (χ0) is 21.2. The van der Waals surface area contributed by atoms with Crippen LogP contribution in [-0.4, -0.2) is 50.5 Å². The molecule has 160 valence electrons. The van der Waals surface area contributed by atoms with Crippen molar-refractivity contribution >= 4 is 18.9 Å². The van der Waals surface area contributed by atoms with E-state index in [0.29, 0.717) is 12.5 Å². The standard InChI is InChI=1S/C9H10O.C6H12N2S.C5H12N2.C2H6/c10-8-4-7-9-5-2-1-3-6-9;1-8-3-2-5(7)6(9)4-8;6-4-5-2-1-3-7-5;1-2/h1-3,5-6,8H,4,7H2;9H,2-4,7H2,1H3;5,7H,1-4,6H2;1-2H3. The lowest BCUT2D eigenvalue weighted by atomic mass is 10.1. The highest BCUT2D eigenvalue weighted by molar-refractivity contribution is 7.84. The Morgan fingerprint density at radius 1 is 1.29 bits per heavy atom. The summed E-state index contributed by atoms with van der Waals surface area (Å²) >= 11 is 4.23. The lowest BCUT2D eigenvalue weighted by molar-refractivity contribution is -0.107. The Kier molecular flexibility index (Phi) is 16.9. The monoisotopic (exact) mass is 408 g/mol. The predicted molar refractivity (Wildman–Crippen MR) is 125 cm³/mol. The maximum atomic E-state index is 9.98. The molecule has 6 heteroatoms. The maximum absolute atomic E-state index is 9.98. The summed E-state index contributed by atoms with van der Waals surface area (Å²) in [6.45, 7) is 7.95. The largest absolute Gasteiger partial charge is 0.401 e. The van der Waals surface area contributed by atoms with Crippen molar-refractivity contribution < 1.29 is 4.79 Å². The number of carbonyl (C=O) groups is 1. The fourth-order valence-electron chi connectivity index (χ4n) is 2.72. The lowest BCUT2D eigenvalue weighted by Crippen LogP contribution is -2.29. The van der Waals surface area contributed by atoms with Crippen molar-refractivity contribution in [2.45, 2.75) is 52.0 Å². The van der Waals surface area contributed by atoms with E-state index in [0.717, 1.165) is 49.4 Å². The number of benzene rings is 1. The van der Waals surface area contributed by atoms with Gasteiger partial charge in [-0.2, -0.15) is 0 Å². The highest BCUT2D eigenvalue weighted by Crippen LogP contribution is 2.14. The quantitative estimate of drug-likeness (QED) is 0.455. The minimum Gasteiger partial charge on any atom is -0.401 e. The normalized spacial score (nSPS) is 18.7. The van der Waals surface area contributed by atoms with Gasteiger partial charge < -0.3 is 26.5 Å². The van der Waals surface area contributed by atoms with Gasteiger partial charge >= 0.3 is 0 Å². The summed E-state index contributed by atoms with van der Waals surface area (Å²) in [5, 5.41) is 3.28. The van der Waals surface area contributed by atoms with E-state index in [1.54, 1.807) is 0 Å². The first-order valence-electron chi connectivity index (χ1n) is 10.3. The molecule has 0 aliphatic carbocycles. The molecule has 5 nitrogen and oxygen atoms in total. The minimum absolute atomic E-state index is 0.625. The van der Waals surface area contributed by atoms with Gasteiger partial charge in [-0.25, -0.2) is 0 Å². The highest BCUT2D eigenvalue weighted by Gasteiger charge is 2.10. The molecule has 2 aliphatic rings. The van der Waals surface area contributed by atoms with E-state index in [1.165, 1.54) is 24.9 Å². The second-order valence-electron chi connectivity index (χ2n) is 6.68. The molecule has 2 heterocycles. The fraction of sp³-hybridized carbons (Fsp3) is 0.591. The third-order valence-corrected chi connectivity index (χ3v) is 4.82. The number of aldehydes is 1. The molecular weight excluding hydrogens is 368 g/mol. The molecule has 28 heavy (non-hydrogen) atoms. The molecule has 2 aliphatic heterocycles. The molecule has 5 N–H and O–H groups in total. The summed E-state index contributed by atoms with van der Waals surface area (Å²) in [4.78, 5) is 13.2. The van der Waals surface area contributed by atoms with Gasteiger partial charge in [-0.1, -0.05) is 44.2 Å². The molecule has 1 saturated heterocycles. The molecule has 1 unspecified atom stereocenters. The maximum Gasteiger partial charge on any atom is 0.120 e. The van der Waals surface area contributed by atoms with E-state index in [2.05, 4.69) is 29.9 Å². The van der Waals surface area contributed by atoms with Gasteiger partial charge in [-0.3, -0.25) is 0 Å². The third kappa shape index (κ3) is 12.9. The zero-order valence-corrected chi connectivity index (χ0v) is 18.8. The number of thiol groups is 1. The average Bonchev–Trinajstić information content (AvgIpc) is 3.27. The van der Waals surface area contributed by atoms with Gasteiger partial charge in [0.1, 0.15) is 6.29 Å². The number of nitrogens with one attached hydrogen (secondary N) is 1. The van der Waals surface area contributed by atoms with Crippen LogP contribution in [0.25, 0.3) is 0 Å². The van der Waals surface area contributed by atoms with Crippen molar-refractivity contribution in [3.05, 3.63) is 46.5 Å². The second kappa shape index (κ2) is 17.7. The van der Waals surface area contributed by atoms with E-state index < -0.39 is 0 Å². The zero-order valence-electron chi connectivity index (χ0n) is 17.9. The summed E-state index contributed by atoms with van der Waals surface area (Å²) in [7, 11) is 2.07. The van der Waals surface area contributed by atoms with Crippen LogP contribution in [-0.2, 0) is 11.2 Å². The molecule has 1 aromatic rings. The third-order valence-electron chi connectivity index (χ3n) is 4.39. The van der Waals surface area contributed by atoms with Crippen molar-refractivity contribution in [3.63, 3.8) is 0 Å². The highest BCUT2D eigenvalue weighted by atomic mass is 32.1. The first-order chi connectivity index (χ1) is 13.6. The Balaban J connectivity index is 0.000000378. The van der Waals surface area contributed by atoms with Crippen LogP contribution in [0.2, 0.25) is 0 Å². The smallest absolute Gasteiger partial charge is 0.120 e. The van der Waals surface area contributed by atoms with Crippen molar-refractivity contribution in [2.75, 3.05) is 33.2 Å². The molecule has 1 aromatic carbocycles. The SMILES string of the molecule is CC.CN1CCC(N)=C(S)C1.NCC1CCCN1.O=CCCc1ccccc1. The Morgan fingerprint density at radius 3 is 2.39 bits per heavy atom. The van der Waals surface area contributed by atoms with Crippen molar-refractivity contribution in [1.82, 2.24) is 10.2 Å². The van der Waals surface area contributed by atoms with E-state index in [1.807, 2.05) is 44.2 Å². The molecule has 0 saturated carbocycles. The van der Waals surface area contributed by atoms with Crippen LogP contribution < -0.4 is 16.8 Å². The number of hydrogen-bond acceptors (Lipinski definition) is 6. The van der Waals surface area contributed by atoms with Crippen LogP contribution in [0, 0.1) is 0 Å². The first kappa shape index (κ1) is 26.7. The molecule has 3 rings (SSSR count). The average molecular weight is 409 g/mol. The topological polar surface area (TPSA) is 84.4 Å². The number of likely N-dealkylation sites (N-methyl/N-ethyl adjacent to an activating group) is 1. The molecule has 0 bridgehead atoms. The summed E-state index contributed by atoms with van der Waals surface area (Å²) in [5.41, 5.74) is 13.2. The number of aryl methyl sites for hydroxylation is 1. The molecule has 1 atom stereocenters. The summed E-state index contributed by atoms with van der Waals surface area (Å²) < 4.78 is 0. The van der Waals surface area contributed by atoms with E-state index in [9.17, 15) is 4.79 Å². The van der Waals surface area contributed by atoms with Crippen molar-refractivity contribution in [1.29, 1.82) is 0 Å². The van der Waals surface area contributed by atoms with Gasteiger partial charge in [0.15, 0.2) is 0 Å². The van der Waals surface area contributed by atoms with Crippen molar-refractivity contribution in [2.24, 2.45) is 11.5 Å². The molecule has 0 spiro atoms. The van der Waals surface area contributed by atoms with E-state index in [-0.39, 0.29) is 0 Å². The summed E-state index contributed by atoms with van der Waals surface area (Å²) in [6.07, 6.45) is 6.00. The summed E-state index contributed by atoms with van der Waals surface area (Å²) in [5.74, 6) is 0. The second-order valence-corrected chi connectivity index (χ2v) is 7.22. The number of nitrogens with two attached hydrogens (primary N) is 2. The minimum atomic E-state index is 0.625. The molecule has 1 fully saturated rings. The van der Waals surface area contributed by atoms with Gasteiger partial charge in [0, 0.05) is 49.1 Å². The molecule has 0 aromatic heterocycles. The number of nitrogens with zero attached hydrogens (tertiary/aromatic N) is 1. The molecule has 0 radical (unpaired) electrons. The summed E-state index contributed by atoms with van der Waals surface area (Å²) in [6, 6.07) is 10.6. The Hall–Kier alpha value is -1.34. The van der Waals surface area contributed by atoms with Gasteiger partial charge in [0.05, 0.1) is 0 Å². The predicted octanol–water partition coefficient (Wildman–Crippen LogP) is 2.96. The van der Waals surface area contributed by atoms with Crippen LogP contribution in [0.4, 0.5) is 0 Å². The van der Waals surface area contributed by atoms with Crippen LogP contribution in [0.3, 0.4) is 0 Å². The van der Waals surface area contributed by atoms with Crippen molar-refractivity contribution in [3.8, 4) is 0 Å². The van der Waals surface area contributed by atoms with Crippen LogP contribution >= 0.6 is 12.6 Å². The Bertz CT molecular complexity index is 531. The van der Waals surface area contributed by atoms with Crippen LogP contribution in [0.15, 0.2) is 40.9 Å². The molecule has 0 amide bonds. The van der Waals surface area contributed by atoms with Gasteiger partial charge in [0.2, 0.25) is 0 Å². The fourth-order valence-corrected chi connectivity index (χ4v) is 3.07. The van der Waals surface area contributed by atoms with Gasteiger partial charge in [-0.15, -0.1) is 12.6 Å². The lowest BCUT2D eigenvalue weighted by Gasteiger charge is -2.22. The molecular formula is C22H40N4OS. The Labute approximate surface area is 177 Å². The van der Waals surface area contributed by atoms with Crippen LogP contribution in [0.1, 0.15) is 45.1 Å². The van der Waals surface area contributed by atoms with Gasteiger partial charge in [-0.05, 0) is 38.4 Å². The first-order valence-corrected chi connectivity index (χ1v) is 10.8. The van der Waals surface area contributed by atoms with E-state index >= 15 is 0 Å². The number of hydrogen-bond donors (Lipinski definition) is 4. The Morgan fingerprint density at radius 2 is 1.96 bits per heavy atom. The van der Waals surface area contributed by atoms with Gasteiger partial charge in [0.25, 0.3) is 0 Å².